The number of rotatable bonds is 8. The lowest BCUT2D eigenvalue weighted by molar-refractivity contribution is -0.360. The van der Waals surface area contributed by atoms with E-state index in [4.69, 9.17) is 28.4 Å². The Hall–Kier alpha value is -3.34. The first-order valence-corrected chi connectivity index (χ1v) is 15.8. The largest absolute Gasteiger partial charge is 0.571 e. The third-order valence-electron chi connectivity index (χ3n) is 9.03. The molecule has 0 amide bonds. The number of phenolic OH excluding ortho intramolecular Hbond substituents is 3. The molecule has 3 saturated heterocycles. The highest BCUT2D eigenvalue weighted by Gasteiger charge is 2.52. The summed E-state index contributed by atoms with van der Waals surface area (Å²) in [6, 6.07) is 8.27. The molecular formula is C32H41O18+. The van der Waals surface area contributed by atoms with Gasteiger partial charge in [-0.15, -0.1) is 0 Å². The van der Waals surface area contributed by atoms with Crippen LogP contribution in [0.4, 0.5) is 0 Å². The van der Waals surface area contributed by atoms with E-state index < -0.39 is 105 Å². The van der Waals surface area contributed by atoms with Crippen LogP contribution < -0.4 is 0 Å². The summed E-state index contributed by atoms with van der Waals surface area (Å²) in [5.74, 6) is -0.489. The van der Waals surface area contributed by atoms with Gasteiger partial charge in [0, 0.05) is 12.1 Å². The van der Waals surface area contributed by atoms with Crippen LogP contribution in [0.5, 0.6) is 23.0 Å². The Morgan fingerprint density at radius 2 is 1.44 bits per heavy atom. The van der Waals surface area contributed by atoms with E-state index >= 15 is 0 Å². The van der Waals surface area contributed by atoms with Crippen molar-refractivity contribution in [3.63, 3.8) is 0 Å². The van der Waals surface area contributed by atoms with Crippen LogP contribution >= 0.6 is 0 Å². The fraction of sp³-hybridized carbons (Fsp3) is 0.562. The first kappa shape index (κ1) is 36.5. The van der Waals surface area contributed by atoms with Crippen LogP contribution in [0.3, 0.4) is 0 Å². The summed E-state index contributed by atoms with van der Waals surface area (Å²) in [4.78, 5) is 0. The first-order chi connectivity index (χ1) is 23.7. The van der Waals surface area contributed by atoms with Crippen molar-refractivity contribution < 1.29 is 89.3 Å². The van der Waals surface area contributed by atoms with Crippen LogP contribution in [0.2, 0.25) is 0 Å². The van der Waals surface area contributed by atoms with E-state index in [-0.39, 0.29) is 34.3 Å². The molecule has 50 heavy (non-hydrogen) atoms. The van der Waals surface area contributed by atoms with Crippen LogP contribution in [0.15, 0.2) is 42.2 Å². The molecule has 1 unspecified atom stereocenters. The molecule has 4 heterocycles. The number of benzene rings is 2. The molecule has 0 saturated carbocycles. The highest BCUT2D eigenvalue weighted by Crippen LogP contribution is 2.46. The smallest absolute Gasteiger partial charge is 0.270 e. The van der Waals surface area contributed by atoms with Gasteiger partial charge in [-0.2, -0.15) is 0 Å². The summed E-state index contributed by atoms with van der Waals surface area (Å²) < 4.78 is 39.2. The van der Waals surface area contributed by atoms with Gasteiger partial charge in [-0.05, 0) is 31.2 Å². The highest BCUT2D eigenvalue weighted by atomic mass is 16.8. The molecular weight excluding hydrogens is 672 g/mol. The molecule has 18 heteroatoms. The number of fused-ring (bicyclic) bond motifs is 1. The van der Waals surface area contributed by atoms with E-state index in [1.807, 2.05) is 0 Å². The Balaban J connectivity index is 1.31. The van der Waals surface area contributed by atoms with E-state index in [9.17, 15) is 56.2 Å². The molecule has 4 aliphatic rings. The number of aromatic hydroxyl groups is 4. The number of ether oxygens (including phenoxy) is 7. The minimum Gasteiger partial charge on any atom is -0.571 e. The van der Waals surface area contributed by atoms with Gasteiger partial charge in [-0.25, -0.2) is 0 Å². The molecule has 12 N–H and O–H groups in total. The monoisotopic (exact) mass is 713 g/mol. The van der Waals surface area contributed by atoms with E-state index in [2.05, 4.69) is 4.74 Å². The minimum atomic E-state index is -1.86. The van der Waals surface area contributed by atoms with Gasteiger partial charge >= 0.3 is 0 Å². The number of aliphatic hydroxyl groups is 9. The van der Waals surface area contributed by atoms with Gasteiger partial charge in [0.2, 0.25) is 6.29 Å². The summed E-state index contributed by atoms with van der Waals surface area (Å²) in [6.07, 6.45) is -21.7. The van der Waals surface area contributed by atoms with E-state index in [0.29, 0.717) is 5.56 Å². The molecule has 2 aromatic rings. The van der Waals surface area contributed by atoms with Crippen molar-refractivity contribution in [1.82, 2.24) is 0 Å². The molecule has 0 aliphatic carbocycles. The Morgan fingerprint density at radius 1 is 0.740 bits per heavy atom. The minimum absolute atomic E-state index is 0.0106. The van der Waals surface area contributed by atoms with Crippen molar-refractivity contribution in [3.8, 4) is 23.0 Å². The second-order valence-electron chi connectivity index (χ2n) is 12.6. The lowest BCUT2D eigenvalue weighted by Crippen LogP contribution is -2.63. The Labute approximate surface area is 284 Å². The fourth-order valence-electron chi connectivity index (χ4n) is 6.09. The molecule has 0 bridgehead atoms. The van der Waals surface area contributed by atoms with Gasteiger partial charge in [-0.1, -0.05) is 0 Å². The third-order valence-corrected chi connectivity index (χ3v) is 9.03. The zero-order valence-corrected chi connectivity index (χ0v) is 26.4. The summed E-state index contributed by atoms with van der Waals surface area (Å²) in [5.41, 5.74) is 0.612. The maximum atomic E-state index is 11.4. The summed E-state index contributed by atoms with van der Waals surface area (Å²) >= 11 is 0. The zero-order valence-electron chi connectivity index (χ0n) is 26.4. The summed E-state index contributed by atoms with van der Waals surface area (Å²) in [6.45, 7) is 0.430. The van der Waals surface area contributed by atoms with Crippen molar-refractivity contribution in [2.75, 3.05) is 13.2 Å². The summed E-state index contributed by atoms with van der Waals surface area (Å²) in [5, 5.41) is 114. The van der Waals surface area contributed by atoms with E-state index in [1.54, 1.807) is 12.1 Å². The topological polar surface area (TPSA) is 291 Å². The Morgan fingerprint density at radius 3 is 2.16 bits per heavy atom. The molecule has 0 radical (unpaired) electrons. The average Bonchev–Trinajstić information content (AvgIpc) is 3.08. The number of hydrogen-bond donors (Lipinski definition) is 11. The van der Waals surface area contributed by atoms with Gasteiger partial charge in [0.15, 0.2) is 24.4 Å². The average molecular weight is 714 g/mol. The maximum absolute atomic E-state index is 11.4. The molecule has 0 aromatic heterocycles. The lowest BCUT2D eigenvalue weighted by atomic mass is 9.97. The molecule has 3 fully saturated rings. The van der Waals surface area contributed by atoms with Crippen molar-refractivity contribution in [2.45, 2.75) is 99.0 Å². The molecule has 18 nitrogen and oxygen atoms in total. The summed E-state index contributed by atoms with van der Waals surface area (Å²) in [7, 11) is 0. The molecule has 6 rings (SSSR count). The standard InChI is InChI=1S/C32H40O18/c1-11-21(37)24(40)27(43)30(46-11)45-10-20-23(39)25(41)29(50-31-26(42)22(38)17(36)9-44-31)32(49-20)48-19-8-15-16(35)6-14(34)7-18(15)47-28(19)12-2-4-13(33)5-3-12/h2-8,11,17,20-43H,9-10H2,1H3/p+1/t11-,17-,20+,21-,22-,23+,24-,25-,26-,27-,28?,29-,30+,31-,32+/m0/s1. The zero-order chi connectivity index (χ0) is 36.0. The first-order valence-electron chi connectivity index (χ1n) is 15.8. The second kappa shape index (κ2) is 14.7. The SMILES string of the molecule is C[C@@H]1O[C@@H](OC[C@H]2O[C@@H](OC3=Cc4c(O)cc(O)cc4[OH+]C3c3ccc(O)cc3)[C@@H](O[C@@H]3OC[C@H](O)[C@H](O)[C@@H]3O)[C@@H](O)[C@@H]2O)[C@@H](O)[C@@H](O)[C@H]1O. The second-order valence-corrected chi connectivity index (χ2v) is 12.6. The Kier molecular flexibility index (Phi) is 10.7. The predicted molar refractivity (Wildman–Crippen MR) is 163 cm³/mol. The third kappa shape index (κ3) is 7.21. The van der Waals surface area contributed by atoms with Crippen LogP contribution in [-0.4, -0.2) is 160 Å². The van der Waals surface area contributed by atoms with Crippen LogP contribution in [0, 0.1) is 0 Å². The molecule has 15 atom stereocenters. The quantitative estimate of drug-likeness (QED) is 0.124. The van der Waals surface area contributed by atoms with Crippen LogP contribution in [0.25, 0.3) is 6.08 Å². The van der Waals surface area contributed by atoms with E-state index in [1.165, 1.54) is 31.2 Å². The van der Waals surface area contributed by atoms with Crippen molar-refractivity contribution in [2.24, 2.45) is 0 Å². The van der Waals surface area contributed by atoms with Gasteiger partial charge in [-0.3, -0.25) is 0 Å². The molecule has 2 aromatic carbocycles. The van der Waals surface area contributed by atoms with Crippen molar-refractivity contribution >= 4 is 6.08 Å². The van der Waals surface area contributed by atoms with Gasteiger partial charge in [0.25, 0.3) is 11.9 Å². The van der Waals surface area contributed by atoms with Gasteiger partial charge in [0.1, 0.15) is 77.7 Å². The predicted octanol–water partition coefficient (Wildman–Crippen LogP) is -2.73. The van der Waals surface area contributed by atoms with Crippen molar-refractivity contribution in [3.05, 3.63) is 53.3 Å². The molecule has 0 spiro atoms. The lowest BCUT2D eigenvalue weighted by Gasteiger charge is -2.45. The number of phenols is 3. The highest BCUT2D eigenvalue weighted by molar-refractivity contribution is 5.69. The van der Waals surface area contributed by atoms with Gasteiger partial charge < -0.3 is 89.3 Å². The van der Waals surface area contributed by atoms with Gasteiger partial charge in [0.05, 0.1) is 30.9 Å². The van der Waals surface area contributed by atoms with Crippen molar-refractivity contribution in [1.29, 1.82) is 0 Å². The number of aliphatic hydroxyl groups excluding tert-OH is 8. The van der Waals surface area contributed by atoms with E-state index in [0.717, 1.165) is 6.07 Å². The fourth-order valence-corrected chi connectivity index (χ4v) is 6.09. The normalized spacial score (nSPS) is 40.3. The molecule has 4 aliphatic heterocycles. The van der Waals surface area contributed by atoms with Crippen LogP contribution in [-0.2, 0) is 28.4 Å². The molecule has 276 valence electrons. The maximum Gasteiger partial charge on any atom is 0.270 e. The Bertz CT molecular complexity index is 1500. The number of hydrogen-bond acceptors (Lipinski definition) is 17. The van der Waals surface area contributed by atoms with Crippen LogP contribution in [0.1, 0.15) is 24.2 Å².